The standard InChI is InChI=1S/C17H22N2O2S/c1-4-11-19-15(20)13-9-7-8-10-14(13)18-16(19)22-12-17(21,5-2)6-3/h4,7-10,21H,1,5-6,11-12H2,2-3H3. The smallest absolute Gasteiger partial charge is 0.262 e. The molecule has 0 unspecified atom stereocenters. The monoisotopic (exact) mass is 318 g/mol. The average molecular weight is 318 g/mol. The van der Waals surface area contributed by atoms with E-state index in [0.29, 0.717) is 41.2 Å². The maximum absolute atomic E-state index is 12.6. The second kappa shape index (κ2) is 7.11. The number of thioether (sulfide) groups is 1. The molecule has 0 spiro atoms. The minimum absolute atomic E-state index is 0.0652. The molecule has 0 bridgehead atoms. The largest absolute Gasteiger partial charge is 0.389 e. The number of nitrogens with zero attached hydrogens (tertiary/aromatic N) is 2. The molecule has 2 rings (SSSR count). The van der Waals surface area contributed by atoms with E-state index in [4.69, 9.17) is 0 Å². The Bertz CT molecular complexity index is 720. The zero-order valence-corrected chi connectivity index (χ0v) is 13.9. The van der Waals surface area contributed by atoms with Crippen LogP contribution in [0.4, 0.5) is 0 Å². The second-order valence-corrected chi connectivity index (χ2v) is 6.28. The van der Waals surface area contributed by atoms with Crippen LogP contribution in [0.2, 0.25) is 0 Å². The van der Waals surface area contributed by atoms with Crippen LogP contribution in [0, 0.1) is 0 Å². The Morgan fingerprint density at radius 3 is 2.68 bits per heavy atom. The molecule has 0 atom stereocenters. The van der Waals surface area contributed by atoms with Crippen LogP contribution in [-0.2, 0) is 6.54 Å². The highest BCUT2D eigenvalue weighted by atomic mass is 32.2. The van der Waals surface area contributed by atoms with Gasteiger partial charge in [0.1, 0.15) is 0 Å². The highest BCUT2D eigenvalue weighted by molar-refractivity contribution is 7.99. The van der Waals surface area contributed by atoms with Crippen LogP contribution >= 0.6 is 11.8 Å². The molecule has 0 saturated heterocycles. The van der Waals surface area contributed by atoms with Crippen molar-refractivity contribution in [2.24, 2.45) is 0 Å². The van der Waals surface area contributed by atoms with Gasteiger partial charge in [-0.15, -0.1) is 6.58 Å². The number of rotatable bonds is 7. The Morgan fingerprint density at radius 1 is 1.36 bits per heavy atom. The van der Waals surface area contributed by atoms with E-state index in [1.54, 1.807) is 16.7 Å². The quantitative estimate of drug-likeness (QED) is 0.484. The van der Waals surface area contributed by atoms with Crippen LogP contribution in [0.1, 0.15) is 26.7 Å². The fourth-order valence-corrected chi connectivity index (χ4v) is 3.48. The van der Waals surface area contributed by atoms with Gasteiger partial charge in [-0.2, -0.15) is 0 Å². The summed E-state index contributed by atoms with van der Waals surface area (Å²) >= 11 is 1.43. The predicted octanol–water partition coefficient (Wildman–Crippen LogP) is 3.23. The highest BCUT2D eigenvalue weighted by Crippen LogP contribution is 2.26. The summed E-state index contributed by atoms with van der Waals surface area (Å²) in [6.07, 6.45) is 3.04. The van der Waals surface area contributed by atoms with Gasteiger partial charge in [0.25, 0.3) is 5.56 Å². The molecule has 5 heteroatoms. The second-order valence-electron chi connectivity index (χ2n) is 5.34. The molecule has 0 saturated carbocycles. The van der Waals surface area contributed by atoms with E-state index in [1.165, 1.54) is 11.8 Å². The van der Waals surface area contributed by atoms with Crippen LogP contribution in [0.5, 0.6) is 0 Å². The zero-order valence-electron chi connectivity index (χ0n) is 13.1. The first kappa shape index (κ1) is 16.8. The van der Waals surface area contributed by atoms with Crippen molar-refractivity contribution in [3.05, 3.63) is 47.3 Å². The van der Waals surface area contributed by atoms with E-state index < -0.39 is 5.60 Å². The lowest BCUT2D eigenvalue weighted by molar-refractivity contribution is 0.0571. The van der Waals surface area contributed by atoms with Crippen molar-refractivity contribution in [1.29, 1.82) is 0 Å². The summed E-state index contributed by atoms with van der Waals surface area (Å²) < 4.78 is 1.62. The molecule has 0 aliphatic heterocycles. The van der Waals surface area contributed by atoms with Gasteiger partial charge in [-0.1, -0.05) is 43.8 Å². The summed E-state index contributed by atoms with van der Waals surface area (Å²) in [6, 6.07) is 7.33. The molecule has 2 aromatic rings. The van der Waals surface area contributed by atoms with Crippen molar-refractivity contribution in [2.75, 3.05) is 5.75 Å². The summed E-state index contributed by atoms with van der Waals surface area (Å²) in [6.45, 7) is 8.06. The van der Waals surface area contributed by atoms with Gasteiger partial charge >= 0.3 is 0 Å². The topological polar surface area (TPSA) is 55.1 Å². The van der Waals surface area contributed by atoms with E-state index >= 15 is 0 Å². The third-order valence-corrected chi connectivity index (χ3v) is 5.18. The van der Waals surface area contributed by atoms with Crippen molar-refractivity contribution in [2.45, 2.75) is 44.0 Å². The highest BCUT2D eigenvalue weighted by Gasteiger charge is 2.23. The summed E-state index contributed by atoms with van der Waals surface area (Å²) in [7, 11) is 0. The van der Waals surface area contributed by atoms with Crippen molar-refractivity contribution in [1.82, 2.24) is 9.55 Å². The Kier molecular flexibility index (Phi) is 5.42. The van der Waals surface area contributed by atoms with Gasteiger partial charge in [0, 0.05) is 12.3 Å². The maximum Gasteiger partial charge on any atom is 0.262 e. The molecule has 0 radical (unpaired) electrons. The zero-order chi connectivity index (χ0) is 16.2. The molecule has 118 valence electrons. The lowest BCUT2D eigenvalue weighted by atomic mass is 10.0. The first-order valence-corrected chi connectivity index (χ1v) is 8.49. The fraction of sp³-hybridized carbons (Fsp3) is 0.412. The predicted molar refractivity (Wildman–Crippen MR) is 92.5 cm³/mol. The Hall–Kier alpha value is -1.59. The molecule has 4 nitrogen and oxygen atoms in total. The number of para-hydroxylation sites is 1. The Balaban J connectivity index is 2.45. The van der Waals surface area contributed by atoms with Crippen molar-refractivity contribution < 1.29 is 5.11 Å². The van der Waals surface area contributed by atoms with E-state index in [-0.39, 0.29) is 5.56 Å². The van der Waals surface area contributed by atoms with Crippen molar-refractivity contribution >= 4 is 22.7 Å². The lowest BCUT2D eigenvalue weighted by Gasteiger charge is -2.24. The van der Waals surface area contributed by atoms with Crippen molar-refractivity contribution in [3.8, 4) is 0 Å². The van der Waals surface area contributed by atoms with Gasteiger partial charge in [-0.3, -0.25) is 9.36 Å². The number of aromatic nitrogens is 2. The average Bonchev–Trinajstić information content (AvgIpc) is 2.55. The third kappa shape index (κ3) is 3.42. The molecule has 1 N–H and O–H groups in total. The molecular weight excluding hydrogens is 296 g/mol. The van der Waals surface area contributed by atoms with E-state index in [1.807, 2.05) is 32.0 Å². The van der Waals surface area contributed by atoms with Gasteiger partial charge < -0.3 is 5.11 Å². The van der Waals surface area contributed by atoms with Gasteiger partial charge in [0.2, 0.25) is 0 Å². The Labute approximate surface area is 134 Å². The lowest BCUT2D eigenvalue weighted by Crippen LogP contribution is -2.30. The molecule has 1 aromatic carbocycles. The SMILES string of the molecule is C=CCn1c(SCC(O)(CC)CC)nc2ccccc2c1=O. The van der Waals surface area contributed by atoms with Crippen LogP contribution in [-0.4, -0.2) is 26.0 Å². The molecule has 0 amide bonds. The maximum atomic E-state index is 12.6. The van der Waals surface area contributed by atoms with E-state index in [0.717, 1.165) is 0 Å². The minimum Gasteiger partial charge on any atom is -0.389 e. The molecule has 0 fully saturated rings. The number of hydrogen-bond donors (Lipinski definition) is 1. The Morgan fingerprint density at radius 2 is 2.05 bits per heavy atom. The third-order valence-electron chi connectivity index (χ3n) is 3.92. The molecule has 0 aliphatic carbocycles. The van der Waals surface area contributed by atoms with Gasteiger partial charge in [0.15, 0.2) is 5.16 Å². The number of aliphatic hydroxyl groups is 1. The molecule has 0 aliphatic rings. The normalized spacial score (nSPS) is 11.8. The number of allylic oxidation sites excluding steroid dienone is 1. The van der Waals surface area contributed by atoms with Gasteiger partial charge in [-0.25, -0.2) is 4.98 Å². The van der Waals surface area contributed by atoms with Crippen LogP contribution in [0.15, 0.2) is 46.9 Å². The summed E-state index contributed by atoms with van der Waals surface area (Å²) in [5.41, 5.74) is -0.107. The van der Waals surface area contributed by atoms with Gasteiger partial charge in [-0.05, 0) is 25.0 Å². The van der Waals surface area contributed by atoms with Crippen molar-refractivity contribution in [3.63, 3.8) is 0 Å². The van der Waals surface area contributed by atoms with Crippen LogP contribution < -0.4 is 5.56 Å². The van der Waals surface area contributed by atoms with Crippen LogP contribution in [0.25, 0.3) is 10.9 Å². The molecule has 22 heavy (non-hydrogen) atoms. The summed E-state index contributed by atoms with van der Waals surface area (Å²) in [4.78, 5) is 17.2. The van der Waals surface area contributed by atoms with Gasteiger partial charge in [0.05, 0.1) is 16.5 Å². The number of benzene rings is 1. The summed E-state index contributed by atoms with van der Waals surface area (Å²) in [5, 5.41) is 11.7. The van der Waals surface area contributed by atoms with E-state index in [2.05, 4.69) is 11.6 Å². The van der Waals surface area contributed by atoms with Crippen LogP contribution in [0.3, 0.4) is 0 Å². The minimum atomic E-state index is -0.729. The number of hydrogen-bond acceptors (Lipinski definition) is 4. The first-order valence-electron chi connectivity index (χ1n) is 7.50. The summed E-state index contributed by atoms with van der Waals surface area (Å²) in [5.74, 6) is 0.516. The molecule has 1 aromatic heterocycles. The molecule has 1 heterocycles. The molecular formula is C17H22N2O2S. The number of fused-ring (bicyclic) bond motifs is 1. The first-order chi connectivity index (χ1) is 10.5. The van der Waals surface area contributed by atoms with E-state index in [9.17, 15) is 9.90 Å². The fourth-order valence-electron chi connectivity index (χ4n) is 2.20.